The van der Waals surface area contributed by atoms with Gasteiger partial charge in [0.25, 0.3) is 5.91 Å². The molecule has 0 aliphatic rings. The maximum Gasteiger partial charge on any atom is 0.271 e. The summed E-state index contributed by atoms with van der Waals surface area (Å²) in [5.41, 5.74) is 1.09. The standard InChI is InChI=1S/C19H20N2O5S/c1-11-17(21-19(27-11)14-6-5-7-26-14)18(22)20-10-13-15(24-3)8-12(23-2)9-16(13)25-4/h5-9H,10H2,1-4H3,(H,20,22). The highest BCUT2D eigenvalue weighted by molar-refractivity contribution is 7.15. The molecule has 7 nitrogen and oxygen atoms in total. The molecule has 1 aromatic carbocycles. The molecule has 0 fully saturated rings. The summed E-state index contributed by atoms with van der Waals surface area (Å²) in [6, 6.07) is 7.08. The third-order valence-corrected chi connectivity index (χ3v) is 4.97. The van der Waals surface area contributed by atoms with Crippen LogP contribution in [0.15, 0.2) is 34.9 Å². The molecule has 27 heavy (non-hydrogen) atoms. The van der Waals surface area contributed by atoms with Crippen LogP contribution in [0.3, 0.4) is 0 Å². The third kappa shape index (κ3) is 3.90. The monoisotopic (exact) mass is 388 g/mol. The van der Waals surface area contributed by atoms with E-state index in [1.807, 2.05) is 13.0 Å². The topological polar surface area (TPSA) is 82.8 Å². The summed E-state index contributed by atoms with van der Waals surface area (Å²) in [6.07, 6.45) is 1.58. The number of carbonyl (C=O) groups is 1. The minimum atomic E-state index is -0.276. The quantitative estimate of drug-likeness (QED) is 0.665. The molecule has 8 heteroatoms. The maximum absolute atomic E-state index is 12.6. The van der Waals surface area contributed by atoms with E-state index < -0.39 is 0 Å². The zero-order valence-electron chi connectivity index (χ0n) is 15.5. The van der Waals surface area contributed by atoms with Gasteiger partial charge in [-0.25, -0.2) is 4.98 Å². The van der Waals surface area contributed by atoms with Crippen molar-refractivity contribution in [2.75, 3.05) is 21.3 Å². The van der Waals surface area contributed by atoms with Gasteiger partial charge in [-0.3, -0.25) is 4.79 Å². The highest BCUT2D eigenvalue weighted by Gasteiger charge is 2.19. The van der Waals surface area contributed by atoms with Crippen LogP contribution < -0.4 is 19.5 Å². The maximum atomic E-state index is 12.6. The lowest BCUT2D eigenvalue weighted by Crippen LogP contribution is -2.24. The average molecular weight is 388 g/mol. The number of ether oxygens (including phenoxy) is 3. The summed E-state index contributed by atoms with van der Waals surface area (Å²) in [7, 11) is 4.68. The lowest BCUT2D eigenvalue weighted by molar-refractivity contribution is 0.0945. The van der Waals surface area contributed by atoms with Crippen LogP contribution in [0.1, 0.15) is 20.9 Å². The molecule has 3 aromatic rings. The Bertz CT molecular complexity index is 909. The van der Waals surface area contributed by atoms with Crippen LogP contribution in [-0.2, 0) is 6.54 Å². The fourth-order valence-electron chi connectivity index (χ4n) is 2.62. The third-order valence-electron chi connectivity index (χ3n) is 3.99. The lowest BCUT2D eigenvalue weighted by Gasteiger charge is -2.15. The van der Waals surface area contributed by atoms with Gasteiger partial charge in [0.1, 0.15) is 22.9 Å². The van der Waals surface area contributed by atoms with Gasteiger partial charge in [0.15, 0.2) is 10.8 Å². The molecule has 0 radical (unpaired) electrons. The van der Waals surface area contributed by atoms with Crippen LogP contribution in [-0.4, -0.2) is 32.2 Å². The number of thiazole rings is 1. The van der Waals surface area contributed by atoms with E-state index in [0.29, 0.717) is 39.3 Å². The van der Waals surface area contributed by atoms with Crippen molar-refractivity contribution in [3.63, 3.8) is 0 Å². The fraction of sp³-hybridized carbons (Fsp3) is 0.263. The number of hydrogen-bond donors (Lipinski definition) is 1. The van der Waals surface area contributed by atoms with Gasteiger partial charge >= 0.3 is 0 Å². The second kappa shape index (κ2) is 8.13. The Morgan fingerprint density at radius 3 is 2.44 bits per heavy atom. The van der Waals surface area contributed by atoms with Crippen LogP contribution in [0.25, 0.3) is 10.8 Å². The molecule has 2 aromatic heterocycles. The first kappa shape index (κ1) is 18.8. The molecule has 0 atom stereocenters. The summed E-state index contributed by atoms with van der Waals surface area (Å²) < 4.78 is 21.4. The Morgan fingerprint density at radius 2 is 1.89 bits per heavy atom. The summed E-state index contributed by atoms with van der Waals surface area (Å²) in [5.74, 6) is 2.11. The molecule has 2 heterocycles. The summed E-state index contributed by atoms with van der Waals surface area (Å²) in [4.78, 5) is 17.9. The second-order valence-corrected chi connectivity index (χ2v) is 6.80. The fourth-order valence-corrected chi connectivity index (χ4v) is 3.50. The van der Waals surface area contributed by atoms with E-state index >= 15 is 0 Å². The van der Waals surface area contributed by atoms with Crippen LogP contribution in [0.5, 0.6) is 17.2 Å². The Labute approximate surface area is 160 Å². The molecule has 0 aliphatic heterocycles. The van der Waals surface area contributed by atoms with Crippen molar-refractivity contribution in [3.05, 3.63) is 46.7 Å². The summed E-state index contributed by atoms with van der Waals surface area (Å²) in [6.45, 7) is 2.08. The molecule has 0 spiro atoms. The van der Waals surface area contributed by atoms with Gasteiger partial charge in [-0.05, 0) is 19.1 Å². The van der Waals surface area contributed by atoms with Crippen LogP contribution in [0.4, 0.5) is 0 Å². The van der Waals surface area contributed by atoms with E-state index in [-0.39, 0.29) is 12.5 Å². The van der Waals surface area contributed by atoms with Gasteiger partial charge in [-0.15, -0.1) is 11.3 Å². The number of carbonyl (C=O) groups excluding carboxylic acids is 1. The first-order chi connectivity index (χ1) is 13.1. The van der Waals surface area contributed by atoms with Gasteiger partial charge in [-0.2, -0.15) is 0 Å². The molecule has 0 aliphatic carbocycles. The Kier molecular flexibility index (Phi) is 5.66. The van der Waals surface area contributed by atoms with E-state index in [1.165, 1.54) is 11.3 Å². The number of nitrogens with one attached hydrogen (secondary N) is 1. The SMILES string of the molecule is COc1cc(OC)c(CNC(=O)c2nc(-c3ccco3)sc2C)c(OC)c1. The van der Waals surface area contributed by atoms with Gasteiger partial charge in [0, 0.05) is 17.0 Å². The van der Waals surface area contributed by atoms with Crippen LogP contribution in [0.2, 0.25) is 0 Å². The van der Waals surface area contributed by atoms with E-state index in [9.17, 15) is 4.79 Å². The van der Waals surface area contributed by atoms with Crippen molar-refractivity contribution >= 4 is 17.2 Å². The van der Waals surface area contributed by atoms with Crippen molar-refractivity contribution < 1.29 is 23.4 Å². The normalized spacial score (nSPS) is 10.5. The van der Waals surface area contributed by atoms with Crippen molar-refractivity contribution in [2.24, 2.45) is 0 Å². The largest absolute Gasteiger partial charge is 0.496 e. The minimum Gasteiger partial charge on any atom is -0.496 e. The molecule has 0 saturated heterocycles. The predicted molar refractivity (Wildman–Crippen MR) is 102 cm³/mol. The molecule has 1 amide bonds. The number of aryl methyl sites for hydroxylation is 1. The first-order valence-electron chi connectivity index (χ1n) is 8.15. The molecular weight excluding hydrogens is 368 g/mol. The zero-order valence-corrected chi connectivity index (χ0v) is 16.3. The Morgan fingerprint density at radius 1 is 1.19 bits per heavy atom. The molecule has 0 saturated carbocycles. The first-order valence-corrected chi connectivity index (χ1v) is 8.97. The van der Waals surface area contributed by atoms with Gasteiger partial charge in [0.2, 0.25) is 0 Å². The number of rotatable bonds is 7. The predicted octanol–water partition coefficient (Wildman–Crippen LogP) is 3.67. The average Bonchev–Trinajstić information content (AvgIpc) is 3.34. The Balaban J connectivity index is 1.80. The van der Waals surface area contributed by atoms with Crippen LogP contribution >= 0.6 is 11.3 Å². The number of amides is 1. The molecule has 0 unspecified atom stereocenters. The number of aromatic nitrogens is 1. The van der Waals surface area contributed by atoms with Gasteiger partial charge in [-0.1, -0.05) is 0 Å². The summed E-state index contributed by atoms with van der Waals surface area (Å²) >= 11 is 1.41. The van der Waals surface area contributed by atoms with Crippen molar-refractivity contribution in [2.45, 2.75) is 13.5 Å². The molecule has 1 N–H and O–H groups in total. The molecule has 0 bridgehead atoms. The number of furan rings is 1. The zero-order chi connectivity index (χ0) is 19.4. The highest BCUT2D eigenvalue weighted by atomic mass is 32.1. The summed E-state index contributed by atoms with van der Waals surface area (Å²) in [5, 5.41) is 3.54. The van der Waals surface area contributed by atoms with Crippen LogP contribution in [0, 0.1) is 6.92 Å². The van der Waals surface area contributed by atoms with E-state index in [0.717, 1.165) is 4.88 Å². The number of methoxy groups -OCH3 is 3. The number of hydrogen-bond acceptors (Lipinski definition) is 7. The van der Waals surface area contributed by atoms with Crippen molar-refractivity contribution in [1.82, 2.24) is 10.3 Å². The van der Waals surface area contributed by atoms with E-state index in [2.05, 4.69) is 10.3 Å². The Hall–Kier alpha value is -3.00. The van der Waals surface area contributed by atoms with Gasteiger partial charge in [0.05, 0.1) is 39.7 Å². The number of benzene rings is 1. The van der Waals surface area contributed by atoms with E-state index in [1.54, 1.807) is 45.8 Å². The van der Waals surface area contributed by atoms with Crippen molar-refractivity contribution in [3.8, 4) is 28.0 Å². The molecular formula is C19H20N2O5S. The molecule has 142 valence electrons. The highest BCUT2D eigenvalue weighted by Crippen LogP contribution is 2.34. The lowest BCUT2D eigenvalue weighted by atomic mass is 10.1. The molecule has 3 rings (SSSR count). The second-order valence-electron chi connectivity index (χ2n) is 5.59. The smallest absolute Gasteiger partial charge is 0.271 e. The van der Waals surface area contributed by atoms with Gasteiger partial charge < -0.3 is 23.9 Å². The van der Waals surface area contributed by atoms with Crippen molar-refractivity contribution in [1.29, 1.82) is 0 Å². The van der Waals surface area contributed by atoms with E-state index in [4.69, 9.17) is 18.6 Å². The number of nitrogens with zero attached hydrogens (tertiary/aromatic N) is 1. The minimum absolute atomic E-state index is 0.224.